The van der Waals surface area contributed by atoms with E-state index in [1.807, 2.05) is 13.8 Å². The molecule has 4 unspecified atom stereocenters. The molecule has 1 fully saturated rings. The first-order valence-electron chi connectivity index (χ1n) is 13.1. The van der Waals surface area contributed by atoms with Crippen LogP contribution in [0.5, 0.6) is 11.5 Å². The Kier molecular flexibility index (Phi) is 13.3. The van der Waals surface area contributed by atoms with Gasteiger partial charge in [0.15, 0.2) is 17.2 Å². The van der Waals surface area contributed by atoms with Gasteiger partial charge in [-0.05, 0) is 32.1 Å². The van der Waals surface area contributed by atoms with E-state index in [9.17, 15) is 27.6 Å². The number of nitrogens with one attached hydrogen (secondary N) is 1. The van der Waals surface area contributed by atoms with E-state index in [0.29, 0.717) is 19.4 Å². The van der Waals surface area contributed by atoms with Crippen LogP contribution in [0.4, 0.5) is 13.2 Å². The minimum atomic E-state index is -4.48. The van der Waals surface area contributed by atoms with Gasteiger partial charge in [0.2, 0.25) is 6.79 Å². The summed E-state index contributed by atoms with van der Waals surface area (Å²) in [6, 6.07) is 0.353. The van der Waals surface area contributed by atoms with Gasteiger partial charge in [-0.3, -0.25) is 9.59 Å². The van der Waals surface area contributed by atoms with Crippen LogP contribution in [0, 0.1) is 5.92 Å². The number of halogens is 3. The Morgan fingerprint density at radius 3 is 2.61 bits per heavy atom. The SMILES string of the molecule is COc1ccnc(C(=O)NC2CCCC(OCC(C)C)C(OCC=CC(F)(F)F)C(C)OC2=O)c1OCOC(C)=O. The minimum Gasteiger partial charge on any atom is -0.493 e. The molecule has 2 rings (SSSR count). The number of pyridine rings is 1. The summed E-state index contributed by atoms with van der Waals surface area (Å²) in [6.07, 6.45) is -3.64. The average molecular weight is 591 g/mol. The molecule has 11 nitrogen and oxygen atoms in total. The quantitative estimate of drug-likeness (QED) is 0.218. The molecule has 1 aromatic heterocycles. The highest BCUT2D eigenvalue weighted by Crippen LogP contribution is 2.30. The van der Waals surface area contributed by atoms with E-state index in [1.165, 1.54) is 26.3 Å². The van der Waals surface area contributed by atoms with Gasteiger partial charge in [-0.15, -0.1) is 0 Å². The summed E-state index contributed by atoms with van der Waals surface area (Å²) in [4.78, 5) is 41.4. The fraction of sp³-hybridized carbons (Fsp3) is 0.630. The van der Waals surface area contributed by atoms with Crippen molar-refractivity contribution in [3.63, 3.8) is 0 Å². The summed E-state index contributed by atoms with van der Waals surface area (Å²) < 4.78 is 70.3. The lowest BCUT2D eigenvalue weighted by Gasteiger charge is -2.31. The van der Waals surface area contributed by atoms with E-state index in [2.05, 4.69) is 10.3 Å². The lowest BCUT2D eigenvalue weighted by atomic mass is 10.0. The number of ether oxygens (including phenoxy) is 6. The molecule has 2 heterocycles. The molecule has 1 aliphatic heterocycles. The van der Waals surface area contributed by atoms with Gasteiger partial charge in [0.05, 0.1) is 19.8 Å². The van der Waals surface area contributed by atoms with Crippen LogP contribution >= 0.6 is 0 Å². The second kappa shape index (κ2) is 16.2. The first-order valence-corrected chi connectivity index (χ1v) is 13.1. The summed E-state index contributed by atoms with van der Waals surface area (Å²) in [5, 5.41) is 2.60. The van der Waals surface area contributed by atoms with Crippen molar-refractivity contribution in [1.29, 1.82) is 0 Å². The van der Waals surface area contributed by atoms with Gasteiger partial charge in [-0.2, -0.15) is 13.2 Å². The van der Waals surface area contributed by atoms with Gasteiger partial charge < -0.3 is 33.7 Å². The van der Waals surface area contributed by atoms with Crippen LogP contribution in [0.25, 0.3) is 0 Å². The number of aromatic nitrogens is 1. The number of hydrogen-bond acceptors (Lipinski definition) is 10. The van der Waals surface area contributed by atoms with Gasteiger partial charge in [0, 0.05) is 31.9 Å². The van der Waals surface area contributed by atoms with Crippen LogP contribution in [0.1, 0.15) is 57.4 Å². The number of allylic oxidation sites excluding steroid dienone is 1. The van der Waals surface area contributed by atoms with Gasteiger partial charge in [0.1, 0.15) is 18.2 Å². The molecule has 0 bridgehead atoms. The number of carbonyl (C=O) groups excluding carboxylic acids is 3. The molecule has 14 heteroatoms. The maximum absolute atomic E-state index is 13.2. The summed E-state index contributed by atoms with van der Waals surface area (Å²) >= 11 is 0. The molecule has 1 saturated heterocycles. The topological polar surface area (TPSA) is 132 Å². The molecule has 1 amide bonds. The molecule has 1 aliphatic rings. The maximum atomic E-state index is 13.2. The zero-order chi connectivity index (χ0) is 30.6. The number of amides is 1. The van der Waals surface area contributed by atoms with E-state index in [-0.39, 0.29) is 42.2 Å². The molecule has 1 aromatic rings. The fourth-order valence-corrected chi connectivity index (χ4v) is 3.95. The Balaban J connectivity index is 2.21. The molecule has 230 valence electrons. The summed E-state index contributed by atoms with van der Waals surface area (Å²) in [5.41, 5.74) is -0.215. The Bertz CT molecular complexity index is 1050. The van der Waals surface area contributed by atoms with Crippen LogP contribution in [-0.4, -0.2) is 80.5 Å². The van der Waals surface area contributed by atoms with Crippen LogP contribution in [0.2, 0.25) is 0 Å². The molecule has 0 spiro atoms. The molecule has 0 radical (unpaired) electrons. The number of hydrogen-bond donors (Lipinski definition) is 1. The predicted molar refractivity (Wildman–Crippen MR) is 138 cm³/mol. The van der Waals surface area contributed by atoms with Crippen molar-refractivity contribution in [3.05, 3.63) is 30.1 Å². The van der Waals surface area contributed by atoms with Crippen molar-refractivity contribution >= 4 is 17.8 Å². The molecule has 0 saturated carbocycles. The summed E-state index contributed by atoms with van der Waals surface area (Å²) in [7, 11) is 1.35. The van der Waals surface area contributed by atoms with E-state index < -0.39 is 55.2 Å². The largest absolute Gasteiger partial charge is 0.493 e. The van der Waals surface area contributed by atoms with Crippen molar-refractivity contribution < 1.29 is 56.0 Å². The van der Waals surface area contributed by atoms with E-state index >= 15 is 0 Å². The van der Waals surface area contributed by atoms with Crippen molar-refractivity contribution in [3.8, 4) is 11.5 Å². The van der Waals surface area contributed by atoms with Crippen molar-refractivity contribution in [1.82, 2.24) is 10.3 Å². The molecule has 41 heavy (non-hydrogen) atoms. The number of esters is 2. The van der Waals surface area contributed by atoms with Crippen molar-refractivity contribution in [2.75, 3.05) is 27.1 Å². The van der Waals surface area contributed by atoms with Crippen LogP contribution < -0.4 is 14.8 Å². The molecule has 0 aromatic carbocycles. The Morgan fingerprint density at radius 2 is 1.98 bits per heavy atom. The number of methoxy groups -OCH3 is 1. The number of cyclic esters (lactones) is 1. The molecule has 4 atom stereocenters. The second-order valence-corrected chi connectivity index (χ2v) is 9.70. The highest BCUT2D eigenvalue weighted by Gasteiger charge is 2.36. The first kappa shape index (κ1) is 33.8. The van der Waals surface area contributed by atoms with E-state index in [4.69, 9.17) is 28.4 Å². The fourth-order valence-electron chi connectivity index (χ4n) is 3.95. The Labute approximate surface area is 236 Å². The standard InChI is InChI=1S/C27H37F3N2O9/c1-16(2)14-38-21-9-6-8-19(26(35)41-17(3)23(21)37-13-7-11-27(28,29)30)32-25(34)22-24(40-15-39-18(4)33)20(36-5)10-12-31-22/h7,10-12,16-17,19,21,23H,6,8-9,13-15H2,1-5H3,(H,32,34). The smallest absolute Gasteiger partial charge is 0.409 e. The minimum absolute atomic E-state index is 0.0746. The highest BCUT2D eigenvalue weighted by molar-refractivity contribution is 5.98. The van der Waals surface area contributed by atoms with Gasteiger partial charge >= 0.3 is 18.1 Å². The predicted octanol–water partition coefficient (Wildman–Crippen LogP) is 3.75. The molecule has 1 N–H and O–H groups in total. The van der Waals surface area contributed by atoms with Crippen LogP contribution in [0.3, 0.4) is 0 Å². The third-order valence-corrected chi connectivity index (χ3v) is 5.81. The molecular weight excluding hydrogens is 553 g/mol. The van der Waals surface area contributed by atoms with Crippen LogP contribution in [-0.2, 0) is 28.5 Å². The van der Waals surface area contributed by atoms with Crippen molar-refractivity contribution in [2.24, 2.45) is 5.92 Å². The van der Waals surface area contributed by atoms with E-state index in [0.717, 1.165) is 6.08 Å². The Hall–Kier alpha value is -3.39. The number of nitrogens with zero attached hydrogens (tertiary/aromatic N) is 1. The third-order valence-electron chi connectivity index (χ3n) is 5.81. The number of rotatable bonds is 12. The first-order chi connectivity index (χ1) is 19.3. The average Bonchev–Trinajstić information content (AvgIpc) is 2.93. The molecule has 0 aliphatic carbocycles. The lowest BCUT2D eigenvalue weighted by Crippen LogP contribution is -2.46. The lowest BCUT2D eigenvalue weighted by molar-refractivity contribution is -0.167. The maximum Gasteiger partial charge on any atom is 0.409 e. The van der Waals surface area contributed by atoms with Gasteiger partial charge in [0.25, 0.3) is 5.91 Å². The van der Waals surface area contributed by atoms with Crippen molar-refractivity contribution in [2.45, 2.75) is 77.5 Å². The third kappa shape index (κ3) is 11.6. The Morgan fingerprint density at radius 1 is 1.24 bits per heavy atom. The molecular formula is C27H37F3N2O9. The van der Waals surface area contributed by atoms with Gasteiger partial charge in [-0.1, -0.05) is 19.9 Å². The normalized spacial score (nSPS) is 21.9. The highest BCUT2D eigenvalue weighted by atomic mass is 19.4. The summed E-state index contributed by atoms with van der Waals surface area (Å²) in [5.74, 6) is -1.91. The number of alkyl halides is 3. The zero-order valence-electron chi connectivity index (χ0n) is 23.7. The number of carbonyl (C=O) groups is 3. The van der Waals surface area contributed by atoms with Gasteiger partial charge in [-0.25, -0.2) is 9.78 Å². The monoisotopic (exact) mass is 590 g/mol. The van der Waals surface area contributed by atoms with E-state index in [1.54, 1.807) is 6.92 Å². The zero-order valence-corrected chi connectivity index (χ0v) is 23.7. The van der Waals surface area contributed by atoms with Crippen LogP contribution in [0.15, 0.2) is 24.4 Å². The summed E-state index contributed by atoms with van der Waals surface area (Å²) in [6.45, 7) is 6.13. The second-order valence-electron chi connectivity index (χ2n) is 9.70.